The molecule has 1 amide bonds. The number of hydrogen-bond donors (Lipinski definition) is 2. The first-order valence-corrected chi connectivity index (χ1v) is 6.95. The number of aryl methyl sites for hydroxylation is 1. The van der Waals surface area contributed by atoms with Crippen LogP contribution in [0.25, 0.3) is 0 Å². The summed E-state index contributed by atoms with van der Waals surface area (Å²) in [4.78, 5) is 25.2. The van der Waals surface area contributed by atoms with Crippen molar-refractivity contribution in [3.63, 3.8) is 0 Å². The molecule has 0 fully saturated rings. The highest BCUT2D eigenvalue weighted by atomic mass is 32.1. The predicted molar refractivity (Wildman–Crippen MR) is 79.3 cm³/mol. The van der Waals surface area contributed by atoms with Gasteiger partial charge in [0, 0.05) is 12.6 Å². The maximum atomic E-state index is 12.6. The molecule has 0 radical (unpaired) electrons. The molecule has 3 N–H and O–H groups in total. The predicted octanol–water partition coefficient (Wildman–Crippen LogP) is 1.88. The molecule has 0 aliphatic heterocycles. The van der Waals surface area contributed by atoms with Gasteiger partial charge in [0.2, 0.25) is 5.91 Å². The van der Waals surface area contributed by atoms with Crippen LogP contribution in [0.2, 0.25) is 0 Å². The minimum atomic E-state index is -1.09. The molecule has 0 saturated carbocycles. The number of rotatable bonds is 4. The highest BCUT2D eigenvalue weighted by Crippen LogP contribution is 2.35. The molecule has 0 aliphatic rings. The van der Waals surface area contributed by atoms with E-state index in [2.05, 4.69) is 4.37 Å². The van der Waals surface area contributed by atoms with Crippen molar-refractivity contribution in [2.75, 3.05) is 11.9 Å². The normalized spacial score (nSPS) is 12.3. The van der Waals surface area contributed by atoms with Crippen molar-refractivity contribution in [3.8, 4) is 0 Å². The molecule has 0 aromatic carbocycles. The number of nitrogens with two attached hydrogens (primary N) is 1. The summed E-state index contributed by atoms with van der Waals surface area (Å²) in [5, 5.41) is 9.56. The van der Waals surface area contributed by atoms with Gasteiger partial charge in [-0.05, 0) is 46.2 Å². The molecule has 0 saturated heterocycles. The molecule has 0 atom stereocenters. The standard InChI is InChI=1S/C13H21N3O3S/c1-7-8(10(17)18)9(20-15-7)16(6)11(19)12(2,3)13(4,5)14/h14H2,1-6H3,(H,17,18). The Hall–Kier alpha value is -1.47. The molecule has 112 valence electrons. The fraction of sp³-hybridized carbons (Fsp3) is 0.615. The third-order valence-electron chi connectivity index (χ3n) is 3.81. The van der Waals surface area contributed by atoms with E-state index in [1.54, 1.807) is 41.7 Å². The second-order valence-corrected chi connectivity index (χ2v) is 6.72. The zero-order valence-corrected chi connectivity index (χ0v) is 13.5. The Kier molecular flexibility index (Phi) is 4.26. The van der Waals surface area contributed by atoms with Gasteiger partial charge in [0.15, 0.2) is 0 Å². The number of nitrogens with zero attached hydrogens (tertiary/aromatic N) is 2. The summed E-state index contributed by atoms with van der Waals surface area (Å²) in [7, 11) is 1.55. The van der Waals surface area contributed by atoms with Gasteiger partial charge in [-0.1, -0.05) is 0 Å². The van der Waals surface area contributed by atoms with E-state index in [1.807, 2.05) is 0 Å². The molecule has 1 aromatic rings. The molecular weight excluding hydrogens is 278 g/mol. The summed E-state index contributed by atoms with van der Waals surface area (Å²) in [5.41, 5.74) is 4.96. The number of carboxylic acids is 1. The van der Waals surface area contributed by atoms with Crippen molar-refractivity contribution >= 4 is 28.4 Å². The van der Waals surface area contributed by atoms with Gasteiger partial charge >= 0.3 is 5.97 Å². The topological polar surface area (TPSA) is 96.5 Å². The van der Waals surface area contributed by atoms with Gasteiger partial charge in [0.25, 0.3) is 0 Å². The third kappa shape index (κ3) is 2.69. The Bertz CT molecular complexity index is 544. The lowest BCUT2D eigenvalue weighted by Gasteiger charge is -2.39. The van der Waals surface area contributed by atoms with Crippen LogP contribution in [0.5, 0.6) is 0 Å². The van der Waals surface area contributed by atoms with Crippen LogP contribution < -0.4 is 10.6 Å². The summed E-state index contributed by atoms with van der Waals surface area (Å²) < 4.78 is 4.02. The summed E-state index contributed by atoms with van der Waals surface area (Å²) in [6.07, 6.45) is 0. The van der Waals surface area contributed by atoms with Crippen LogP contribution in [0.1, 0.15) is 43.7 Å². The van der Waals surface area contributed by atoms with Crippen molar-refractivity contribution in [3.05, 3.63) is 11.3 Å². The Labute approximate surface area is 122 Å². The largest absolute Gasteiger partial charge is 0.478 e. The maximum Gasteiger partial charge on any atom is 0.340 e. The van der Waals surface area contributed by atoms with E-state index in [-0.39, 0.29) is 11.5 Å². The first-order valence-electron chi connectivity index (χ1n) is 6.18. The molecule has 7 heteroatoms. The zero-order chi connectivity index (χ0) is 15.9. The number of anilines is 1. The highest BCUT2D eigenvalue weighted by Gasteiger charge is 2.43. The van der Waals surface area contributed by atoms with Crippen LogP contribution in [0.15, 0.2) is 0 Å². The third-order valence-corrected chi connectivity index (χ3v) is 4.83. The smallest absolute Gasteiger partial charge is 0.340 e. The first kappa shape index (κ1) is 16.6. The van der Waals surface area contributed by atoms with E-state index in [0.29, 0.717) is 10.7 Å². The zero-order valence-electron chi connectivity index (χ0n) is 12.6. The van der Waals surface area contributed by atoms with Gasteiger partial charge in [0.1, 0.15) is 10.6 Å². The Morgan fingerprint density at radius 3 is 2.20 bits per heavy atom. The average Bonchev–Trinajstić information content (AvgIpc) is 2.67. The molecule has 6 nitrogen and oxygen atoms in total. The van der Waals surface area contributed by atoms with Gasteiger partial charge in [-0.2, -0.15) is 4.37 Å². The van der Waals surface area contributed by atoms with Gasteiger partial charge < -0.3 is 15.7 Å². The lowest BCUT2D eigenvalue weighted by molar-refractivity contribution is -0.129. The van der Waals surface area contributed by atoms with Crippen molar-refractivity contribution < 1.29 is 14.7 Å². The Balaban J connectivity index is 3.23. The monoisotopic (exact) mass is 299 g/mol. The van der Waals surface area contributed by atoms with E-state index in [1.165, 1.54) is 4.90 Å². The quantitative estimate of drug-likeness (QED) is 0.884. The summed E-state index contributed by atoms with van der Waals surface area (Å²) in [6, 6.07) is 0. The van der Waals surface area contributed by atoms with E-state index >= 15 is 0 Å². The van der Waals surface area contributed by atoms with E-state index in [0.717, 1.165) is 11.5 Å². The van der Waals surface area contributed by atoms with Crippen LogP contribution in [0, 0.1) is 12.3 Å². The molecule has 1 rings (SSSR count). The molecule has 1 aromatic heterocycles. The Morgan fingerprint density at radius 2 is 1.80 bits per heavy atom. The molecular formula is C13H21N3O3S. The minimum Gasteiger partial charge on any atom is -0.478 e. The molecule has 20 heavy (non-hydrogen) atoms. The molecule has 1 heterocycles. The first-order chi connectivity index (χ1) is 8.91. The lowest BCUT2D eigenvalue weighted by atomic mass is 9.74. The van der Waals surface area contributed by atoms with Gasteiger partial charge in [-0.3, -0.25) is 4.79 Å². The summed E-state index contributed by atoms with van der Waals surface area (Å²) in [5.74, 6) is -1.33. The lowest BCUT2D eigenvalue weighted by Crippen LogP contribution is -2.56. The van der Waals surface area contributed by atoms with Gasteiger partial charge in [0.05, 0.1) is 11.1 Å². The number of amides is 1. The van der Waals surface area contributed by atoms with Crippen molar-refractivity contribution in [2.45, 2.75) is 40.2 Å². The van der Waals surface area contributed by atoms with E-state index in [9.17, 15) is 14.7 Å². The molecule has 0 aliphatic carbocycles. The highest BCUT2D eigenvalue weighted by molar-refractivity contribution is 7.11. The molecule has 0 bridgehead atoms. The van der Waals surface area contributed by atoms with Crippen LogP contribution >= 0.6 is 11.5 Å². The number of carboxylic acid groups (broad SMARTS) is 1. The van der Waals surface area contributed by atoms with Crippen LogP contribution in [0.4, 0.5) is 5.00 Å². The van der Waals surface area contributed by atoms with Gasteiger partial charge in [-0.15, -0.1) is 0 Å². The van der Waals surface area contributed by atoms with Crippen molar-refractivity contribution in [2.24, 2.45) is 11.1 Å². The molecule has 0 spiro atoms. The summed E-state index contributed by atoms with van der Waals surface area (Å²) in [6.45, 7) is 8.66. The second kappa shape index (κ2) is 5.14. The van der Waals surface area contributed by atoms with Crippen LogP contribution in [-0.4, -0.2) is 33.9 Å². The van der Waals surface area contributed by atoms with Crippen LogP contribution in [-0.2, 0) is 4.79 Å². The Morgan fingerprint density at radius 1 is 1.30 bits per heavy atom. The van der Waals surface area contributed by atoms with E-state index < -0.39 is 16.9 Å². The summed E-state index contributed by atoms with van der Waals surface area (Å²) >= 11 is 1.00. The van der Waals surface area contributed by atoms with Crippen molar-refractivity contribution in [1.82, 2.24) is 4.37 Å². The number of hydrogen-bond acceptors (Lipinski definition) is 5. The molecule has 0 unspecified atom stereocenters. The van der Waals surface area contributed by atoms with Crippen molar-refractivity contribution in [1.29, 1.82) is 0 Å². The number of carbonyl (C=O) groups is 2. The number of carbonyl (C=O) groups excluding carboxylic acids is 1. The average molecular weight is 299 g/mol. The number of aromatic carboxylic acids is 1. The minimum absolute atomic E-state index is 0.0662. The van der Waals surface area contributed by atoms with Gasteiger partial charge in [-0.25, -0.2) is 4.79 Å². The van der Waals surface area contributed by atoms with Crippen LogP contribution in [0.3, 0.4) is 0 Å². The van der Waals surface area contributed by atoms with E-state index in [4.69, 9.17) is 5.73 Å². The maximum absolute atomic E-state index is 12.6. The number of aromatic nitrogens is 1. The SMILES string of the molecule is Cc1nsc(N(C)C(=O)C(C)(C)C(C)(C)N)c1C(=O)O. The second-order valence-electron chi connectivity index (χ2n) is 5.96. The fourth-order valence-corrected chi connectivity index (χ4v) is 2.47. The fourth-order valence-electron chi connectivity index (χ4n) is 1.62.